The minimum Gasteiger partial charge on any atom is -0.473 e. The molecule has 0 aliphatic carbocycles. The Morgan fingerprint density at radius 1 is 1.37 bits per heavy atom. The molecule has 0 bridgehead atoms. The molecule has 0 N–H and O–H groups in total. The van der Waals surface area contributed by atoms with Gasteiger partial charge in [0.25, 0.3) is 0 Å². The van der Waals surface area contributed by atoms with Gasteiger partial charge in [0.05, 0.1) is 0 Å². The fourth-order valence-electron chi connectivity index (χ4n) is 2.38. The Bertz CT molecular complexity index is 408. The molecule has 3 nitrogen and oxygen atoms in total. The van der Waals surface area contributed by atoms with Gasteiger partial charge < -0.3 is 9.64 Å². The highest BCUT2D eigenvalue weighted by molar-refractivity contribution is 5.22. The van der Waals surface area contributed by atoms with E-state index in [0.717, 1.165) is 25.4 Å². The summed E-state index contributed by atoms with van der Waals surface area (Å²) < 4.78 is 5.91. The van der Waals surface area contributed by atoms with Crippen LogP contribution in [0.2, 0.25) is 0 Å². The van der Waals surface area contributed by atoms with Crippen molar-refractivity contribution in [3.05, 3.63) is 23.9 Å². The van der Waals surface area contributed by atoms with Gasteiger partial charge in [0.1, 0.15) is 6.10 Å². The van der Waals surface area contributed by atoms with E-state index in [4.69, 9.17) is 4.74 Å². The van der Waals surface area contributed by atoms with E-state index in [1.165, 1.54) is 5.56 Å². The monoisotopic (exact) mass is 262 g/mol. The number of rotatable bonds is 3. The number of likely N-dealkylation sites (N-methyl/N-ethyl adjacent to an activating group) is 1. The molecule has 1 aromatic rings. The molecule has 106 valence electrons. The molecule has 1 fully saturated rings. The number of likely N-dealkylation sites (tertiary alicyclic amines) is 1. The summed E-state index contributed by atoms with van der Waals surface area (Å²) in [5.74, 6) is 1.25. The van der Waals surface area contributed by atoms with Crippen molar-refractivity contribution in [3.8, 4) is 5.88 Å². The van der Waals surface area contributed by atoms with Crippen LogP contribution in [0.15, 0.2) is 18.3 Å². The van der Waals surface area contributed by atoms with Crippen LogP contribution in [0, 0.1) is 5.41 Å². The predicted octanol–water partition coefficient (Wildman–Crippen LogP) is 3.31. The van der Waals surface area contributed by atoms with Crippen molar-refractivity contribution in [2.45, 2.75) is 46.1 Å². The van der Waals surface area contributed by atoms with Gasteiger partial charge >= 0.3 is 0 Å². The maximum Gasteiger partial charge on any atom is 0.213 e. The number of aromatic nitrogens is 1. The molecule has 0 aromatic carbocycles. The van der Waals surface area contributed by atoms with E-state index >= 15 is 0 Å². The van der Waals surface area contributed by atoms with Gasteiger partial charge in [-0.15, -0.1) is 0 Å². The standard InChI is InChI=1S/C16H26N2O/c1-12(16(2,3)4)13-6-7-15(17-10-13)19-14-8-9-18(5)11-14/h6-7,10,12,14H,8-9,11H2,1-5H3/t12?,14-/m1/s1. The van der Waals surface area contributed by atoms with Crippen molar-refractivity contribution in [3.63, 3.8) is 0 Å². The summed E-state index contributed by atoms with van der Waals surface area (Å²) in [7, 11) is 2.13. The third-order valence-electron chi connectivity index (χ3n) is 4.19. The van der Waals surface area contributed by atoms with E-state index in [0.29, 0.717) is 12.0 Å². The Hall–Kier alpha value is -1.09. The second-order valence-electron chi connectivity index (χ2n) is 6.81. The van der Waals surface area contributed by atoms with E-state index in [2.05, 4.69) is 50.7 Å². The third kappa shape index (κ3) is 3.69. The minimum absolute atomic E-state index is 0.262. The second kappa shape index (κ2) is 5.49. The van der Waals surface area contributed by atoms with Crippen LogP contribution in [-0.4, -0.2) is 36.1 Å². The first-order valence-corrected chi connectivity index (χ1v) is 7.17. The zero-order valence-electron chi connectivity index (χ0n) is 12.8. The highest BCUT2D eigenvalue weighted by atomic mass is 16.5. The lowest BCUT2D eigenvalue weighted by Crippen LogP contribution is -2.22. The van der Waals surface area contributed by atoms with Crippen molar-refractivity contribution >= 4 is 0 Å². The average molecular weight is 262 g/mol. The first kappa shape index (κ1) is 14.3. The van der Waals surface area contributed by atoms with Gasteiger partial charge in [0, 0.05) is 25.4 Å². The molecule has 3 heteroatoms. The number of hydrogen-bond acceptors (Lipinski definition) is 3. The Morgan fingerprint density at radius 3 is 2.58 bits per heavy atom. The first-order chi connectivity index (χ1) is 8.86. The van der Waals surface area contributed by atoms with E-state index in [1.54, 1.807) is 0 Å². The molecular formula is C16H26N2O. The SMILES string of the molecule is CC(c1ccc(O[C@@H]2CCN(C)C2)nc1)C(C)(C)C. The maximum absolute atomic E-state index is 5.91. The number of pyridine rings is 1. The first-order valence-electron chi connectivity index (χ1n) is 7.17. The summed E-state index contributed by atoms with van der Waals surface area (Å²) in [6.45, 7) is 11.2. The minimum atomic E-state index is 0.262. The topological polar surface area (TPSA) is 25.4 Å². The maximum atomic E-state index is 5.91. The molecular weight excluding hydrogens is 236 g/mol. The Kier molecular flexibility index (Phi) is 4.14. The van der Waals surface area contributed by atoms with Crippen LogP contribution in [0.5, 0.6) is 5.88 Å². The highest BCUT2D eigenvalue weighted by Crippen LogP contribution is 2.34. The normalized spacial score (nSPS) is 22.5. The fraction of sp³-hybridized carbons (Fsp3) is 0.688. The van der Waals surface area contributed by atoms with Gasteiger partial charge in [-0.1, -0.05) is 33.8 Å². The lowest BCUT2D eigenvalue weighted by Gasteiger charge is -2.27. The molecule has 0 radical (unpaired) electrons. The van der Waals surface area contributed by atoms with Gasteiger partial charge in [0.2, 0.25) is 5.88 Å². The fourth-order valence-corrected chi connectivity index (χ4v) is 2.38. The molecule has 2 rings (SSSR count). The molecule has 0 spiro atoms. The van der Waals surface area contributed by atoms with Crippen LogP contribution in [0.1, 0.15) is 45.6 Å². The molecule has 1 aliphatic heterocycles. The van der Waals surface area contributed by atoms with Crippen molar-refractivity contribution < 1.29 is 4.74 Å². The predicted molar refractivity (Wildman–Crippen MR) is 78.6 cm³/mol. The van der Waals surface area contributed by atoms with Crippen molar-refractivity contribution in [2.75, 3.05) is 20.1 Å². The summed E-state index contributed by atoms with van der Waals surface area (Å²) in [6.07, 6.45) is 3.35. The second-order valence-corrected chi connectivity index (χ2v) is 6.81. The van der Waals surface area contributed by atoms with Gasteiger partial charge in [-0.25, -0.2) is 4.98 Å². The van der Waals surface area contributed by atoms with Crippen molar-refractivity contribution in [1.29, 1.82) is 0 Å². The molecule has 0 saturated carbocycles. The van der Waals surface area contributed by atoms with Crippen LogP contribution in [0.4, 0.5) is 0 Å². The lowest BCUT2D eigenvalue weighted by atomic mass is 9.78. The summed E-state index contributed by atoms with van der Waals surface area (Å²) in [4.78, 5) is 6.75. The third-order valence-corrected chi connectivity index (χ3v) is 4.19. The van der Waals surface area contributed by atoms with E-state index in [1.807, 2.05) is 12.3 Å². The Labute approximate surface area is 117 Å². The number of nitrogens with zero attached hydrogens (tertiary/aromatic N) is 2. The molecule has 1 unspecified atom stereocenters. The van der Waals surface area contributed by atoms with Crippen LogP contribution < -0.4 is 4.74 Å². The van der Waals surface area contributed by atoms with Crippen LogP contribution >= 0.6 is 0 Å². The quantitative estimate of drug-likeness (QED) is 0.835. The number of ether oxygens (including phenoxy) is 1. The van der Waals surface area contributed by atoms with E-state index < -0.39 is 0 Å². The van der Waals surface area contributed by atoms with Crippen molar-refractivity contribution in [2.24, 2.45) is 5.41 Å². The van der Waals surface area contributed by atoms with Gasteiger partial charge in [-0.05, 0) is 30.4 Å². The molecule has 19 heavy (non-hydrogen) atoms. The molecule has 1 saturated heterocycles. The zero-order chi connectivity index (χ0) is 14.0. The molecule has 0 amide bonds. The van der Waals surface area contributed by atoms with Gasteiger partial charge in [-0.3, -0.25) is 0 Å². The number of hydrogen-bond donors (Lipinski definition) is 0. The molecule has 2 heterocycles. The van der Waals surface area contributed by atoms with Gasteiger partial charge in [0.15, 0.2) is 0 Å². The highest BCUT2D eigenvalue weighted by Gasteiger charge is 2.23. The van der Waals surface area contributed by atoms with Crippen LogP contribution in [-0.2, 0) is 0 Å². The summed E-state index contributed by atoms with van der Waals surface area (Å²) in [6, 6.07) is 4.16. The summed E-state index contributed by atoms with van der Waals surface area (Å²) >= 11 is 0. The largest absolute Gasteiger partial charge is 0.473 e. The summed E-state index contributed by atoms with van der Waals surface area (Å²) in [5, 5.41) is 0. The molecule has 2 atom stereocenters. The lowest BCUT2D eigenvalue weighted by molar-refractivity contribution is 0.200. The summed E-state index contributed by atoms with van der Waals surface area (Å²) in [5.41, 5.74) is 1.54. The van der Waals surface area contributed by atoms with Gasteiger partial charge in [-0.2, -0.15) is 0 Å². The average Bonchev–Trinajstić information content (AvgIpc) is 2.74. The van der Waals surface area contributed by atoms with Crippen LogP contribution in [0.25, 0.3) is 0 Å². The van der Waals surface area contributed by atoms with Crippen LogP contribution in [0.3, 0.4) is 0 Å². The van der Waals surface area contributed by atoms with Crippen molar-refractivity contribution in [1.82, 2.24) is 9.88 Å². The zero-order valence-corrected chi connectivity index (χ0v) is 12.8. The van der Waals surface area contributed by atoms with E-state index in [9.17, 15) is 0 Å². The smallest absolute Gasteiger partial charge is 0.213 e. The van der Waals surface area contributed by atoms with E-state index in [-0.39, 0.29) is 5.41 Å². The Balaban J connectivity index is 1.98. The molecule has 1 aliphatic rings. The Morgan fingerprint density at radius 2 is 2.11 bits per heavy atom. The molecule has 1 aromatic heterocycles.